The second-order valence-corrected chi connectivity index (χ2v) is 5.93. The van der Waals surface area contributed by atoms with E-state index in [-0.39, 0.29) is 35.5 Å². The second kappa shape index (κ2) is 10.2. The van der Waals surface area contributed by atoms with Crippen LogP contribution in [0.4, 0.5) is 0 Å². The zero-order chi connectivity index (χ0) is 18.8. The summed E-state index contributed by atoms with van der Waals surface area (Å²) in [7, 11) is 0. The summed E-state index contributed by atoms with van der Waals surface area (Å²) in [5.41, 5.74) is 2.91. The number of nitrogens with one attached hydrogen (secondary N) is 4. The highest BCUT2D eigenvalue weighted by atomic mass is 16.3. The molecule has 0 aromatic heterocycles. The molecular formula is C18H25N5O3. The number of nitrogens with zero attached hydrogens (tertiary/aromatic N) is 1. The smallest absolute Gasteiger partial charge is 0.269 e. The minimum atomic E-state index is -0.445. The highest BCUT2D eigenvalue weighted by Crippen LogP contribution is 2.12. The third-order valence-corrected chi connectivity index (χ3v) is 4.05. The molecule has 1 saturated heterocycles. The molecule has 8 heteroatoms. The number of aliphatic hydroxyl groups is 1. The molecule has 8 nitrogen and oxygen atoms in total. The van der Waals surface area contributed by atoms with Crippen LogP contribution in [0.15, 0.2) is 53.5 Å². The maximum Gasteiger partial charge on any atom is 0.269 e. The molecule has 0 radical (unpaired) electrons. The summed E-state index contributed by atoms with van der Waals surface area (Å²) in [4.78, 5) is 24.8. The van der Waals surface area contributed by atoms with Crippen molar-refractivity contribution in [3.63, 3.8) is 0 Å². The lowest BCUT2D eigenvalue weighted by molar-refractivity contribution is -0.117. The second-order valence-electron chi connectivity index (χ2n) is 5.93. The van der Waals surface area contributed by atoms with Crippen LogP contribution in [0.1, 0.15) is 19.3 Å². The molecule has 0 saturated carbocycles. The fraction of sp³-hybridized carbons (Fsp3) is 0.389. The number of rotatable bonds is 7. The molecule has 26 heavy (non-hydrogen) atoms. The van der Waals surface area contributed by atoms with Crippen molar-refractivity contribution >= 4 is 17.5 Å². The maximum absolute atomic E-state index is 12.5. The largest absolute Gasteiger partial charge is 0.507 e. The summed E-state index contributed by atoms with van der Waals surface area (Å²) < 4.78 is 0. The van der Waals surface area contributed by atoms with E-state index in [9.17, 15) is 14.7 Å². The van der Waals surface area contributed by atoms with E-state index in [0.717, 1.165) is 25.9 Å². The van der Waals surface area contributed by atoms with Gasteiger partial charge in [-0.05, 0) is 38.4 Å². The molecule has 0 spiro atoms. The monoisotopic (exact) mass is 359 g/mol. The molecule has 0 aromatic carbocycles. The summed E-state index contributed by atoms with van der Waals surface area (Å²) in [5.74, 6) is -0.876. The summed E-state index contributed by atoms with van der Waals surface area (Å²) in [6, 6.07) is 0.0808. The Balaban J connectivity index is 1.97. The number of carbonyl (C=O) groups excluding carboxylic acids is 2. The molecule has 5 N–H and O–H groups in total. The first-order valence-electron chi connectivity index (χ1n) is 8.60. The van der Waals surface area contributed by atoms with Gasteiger partial charge in [0.15, 0.2) is 0 Å². The lowest BCUT2D eigenvalue weighted by Gasteiger charge is -2.24. The van der Waals surface area contributed by atoms with E-state index in [1.807, 2.05) is 0 Å². The van der Waals surface area contributed by atoms with Crippen LogP contribution >= 0.6 is 0 Å². The van der Waals surface area contributed by atoms with Gasteiger partial charge in [-0.1, -0.05) is 24.8 Å². The molecule has 0 aromatic rings. The summed E-state index contributed by atoms with van der Waals surface area (Å²) >= 11 is 0. The van der Waals surface area contributed by atoms with Crippen molar-refractivity contribution in [3.05, 3.63) is 48.4 Å². The highest BCUT2D eigenvalue weighted by molar-refractivity contribution is 6.40. The molecule has 1 fully saturated rings. The van der Waals surface area contributed by atoms with E-state index >= 15 is 0 Å². The number of aliphatic hydroxyl groups excluding tert-OH is 1. The van der Waals surface area contributed by atoms with Crippen LogP contribution in [-0.4, -0.2) is 48.3 Å². The van der Waals surface area contributed by atoms with Crippen molar-refractivity contribution in [3.8, 4) is 0 Å². The number of piperidine rings is 1. The Morgan fingerprint density at radius 3 is 2.85 bits per heavy atom. The predicted molar refractivity (Wildman–Crippen MR) is 100 cm³/mol. The van der Waals surface area contributed by atoms with E-state index in [0.29, 0.717) is 6.42 Å². The van der Waals surface area contributed by atoms with Gasteiger partial charge in [0.25, 0.3) is 11.8 Å². The Morgan fingerprint density at radius 1 is 1.35 bits per heavy atom. The fourth-order valence-corrected chi connectivity index (χ4v) is 2.63. The van der Waals surface area contributed by atoms with Crippen LogP contribution < -0.4 is 21.4 Å². The normalized spacial score (nSPS) is 18.2. The summed E-state index contributed by atoms with van der Waals surface area (Å²) in [5, 5.41) is 22.7. The molecule has 1 aliphatic heterocycles. The lowest BCUT2D eigenvalue weighted by atomic mass is 10.1. The topological polar surface area (TPSA) is 115 Å². The van der Waals surface area contributed by atoms with Gasteiger partial charge in [-0.15, -0.1) is 0 Å². The average Bonchev–Trinajstić information content (AvgIpc) is 2.86. The van der Waals surface area contributed by atoms with E-state index in [2.05, 4.69) is 33.1 Å². The Hall–Kier alpha value is -2.87. The summed E-state index contributed by atoms with van der Waals surface area (Å²) in [6.45, 7) is 5.14. The van der Waals surface area contributed by atoms with Gasteiger partial charge in [-0.25, -0.2) is 0 Å². The Morgan fingerprint density at radius 2 is 2.12 bits per heavy atom. The first-order valence-corrected chi connectivity index (χ1v) is 8.60. The SMILES string of the molecule is C=CN/N=C(\CNC(=O)C1=C(O)C=CC=CC1)C(=O)NC1CCNCC1. The molecule has 0 bridgehead atoms. The van der Waals surface area contributed by atoms with Crippen molar-refractivity contribution < 1.29 is 14.7 Å². The minimum Gasteiger partial charge on any atom is -0.507 e. The first kappa shape index (κ1) is 19.5. The number of carbonyl (C=O) groups is 2. The van der Waals surface area contributed by atoms with Gasteiger partial charge in [-0.2, -0.15) is 5.10 Å². The van der Waals surface area contributed by atoms with E-state index in [1.165, 1.54) is 12.3 Å². The predicted octanol–water partition coefficient (Wildman–Crippen LogP) is 0.388. The van der Waals surface area contributed by atoms with Gasteiger partial charge in [0.2, 0.25) is 0 Å². The third kappa shape index (κ3) is 5.89. The summed E-state index contributed by atoms with van der Waals surface area (Å²) in [6.07, 6.45) is 9.98. The number of allylic oxidation sites excluding steroid dienone is 4. The van der Waals surface area contributed by atoms with Gasteiger partial charge in [-0.3, -0.25) is 15.0 Å². The van der Waals surface area contributed by atoms with Crippen LogP contribution in [0.2, 0.25) is 0 Å². The zero-order valence-electron chi connectivity index (χ0n) is 14.6. The maximum atomic E-state index is 12.5. The molecule has 0 unspecified atom stereocenters. The molecule has 0 atom stereocenters. The van der Waals surface area contributed by atoms with Gasteiger partial charge < -0.3 is 21.1 Å². The van der Waals surface area contributed by atoms with Crippen LogP contribution in [0.3, 0.4) is 0 Å². The number of hydrogen-bond donors (Lipinski definition) is 5. The van der Waals surface area contributed by atoms with Gasteiger partial charge in [0.1, 0.15) is 11.5 Å². The molecule has 2 amide bonds. The van der Waals surface area contributed by atoms with Crippen LogP contribution in [0.25, 0.3) is 0 Å². The van der Waals surface area contributed by atoms with E-state index < -0.39 is 5.91 Å². The number of hydrogen-bond acceptors (Lipinski definition) is 6. The fourth-order valence-electron chi connectivity index (χ4n) is 2.63. The first-order chi connectivity index (χ1) is 12.6. The molecule has 2 aliphatic rings. The van der Waals surface area contributed by atoms with Crippen LogP contribution in [0, 0.1) is 0 Å². The third-order valence-electron chi connectivity index (χ3n) is 4.05. The van der Waals surface area contributed by atoms with E-state index in [4.69, 9.17) is 0 Å². The van der Waals surface area contributed by atoms with Gasteiger partial charge in [0.05, 0.1) is 12.1 Å². The van der Waals surface area contributed by atoms with Gasteiger partial charge >= 0.3 is 0 Å². The quantitative estimate of drug-likeness (QED) is 0.333. The van der Waals surface area contributed by atoms with Crippen molar-refractivity contribution in [2.75, 3.05) is 19.6 Å². The average molecular weight is 359 g/mol. The van der Waals surface area contributed by atoms with Crippen molar-refractivity contribution in [1.82, 2.24) is 21.4 Å². The standard InChI is InChI=1S/C18H25N5O3/c1-2-21-23-15(18(26)22-13-8-10-19-11-9-13)12-20-17(25)14-6-4-3-5-7-16(14)24/h2-5,7,13,19,21,24H,1,6,8-12H2,(H,20,25)(H,22,26)/b23-15+. The highest BCUT2D eigenvalue weighted by Gasteiger charge is 2.21. The zero-order valence-corrected chi connectivity index (χ0v) is 14.6. The molecule has 2 rings (SSSR count). The molecular weight excluding hydrogens is 334 g/mol. The van der Waals surface area contributed by atoms with Crippen LogP contribution in [0.5, 0.6) is 0 Å². The Kier molecular flexibility index (Phi) is 7.63. The van der Waals surface area contributed by atoms with Gasteiger partial charge in [0, 0.05) is 12.2 Å². The lowest BCUT2D eigenvalue weighted by Crippen LogP contribution is -2.47. The van der Waals surface area contributed by atoms with Crippen molar-refractivity contribution in [2.24, 2.45) is 5.10 Å². The van der Waals surface area contributed by atoms with E-state index in [1.54, 1.807) is 18.2 Å². The minimum absolute atomic E-state index is 0.0688. The van der Waals surface area contributed by atoms with Crippen LogP contribution in [-0.2, 0) is 9.59 Å². The number of amides is 2. The Bertz CT molecular complexity index is 658. The molecule has 140 valence electrons. The Labute approximate surface area is 152 Å². The number of hydrazone groups is 1. The molecule has 1 heterocycles. The van der Waals surface area contributed by atoms with Crippen molar-refractivity contribution in [2.45, 2.75) is 25.3 Å². The molecule has 1 aliphatic carbocycles. The van der Waals surface area contributed by atoms with Crippen molar-refractivity contribution in [1.29, 1.82) is 0 Å².